The number of halogens is 2. The van der Waals surface area contributed by atoms with Gasteiger partial charge in [0.05, 0.1) is 10.6 Å². The third kappa shape index (κ3) is 4.94. The normalized spacial score (nSPS) is 10.1. The van der Waals surface area contributed by atoms with Crippen LogP contribution >= 0.6 is 23.2 Å². The number of hydrogen-bond donors (Lipinski definition) is 2. The Morgan fingerprint density at radius 3 is 2.61 bits per heavy atom. The Labute approximate surface area is 115 Å². The lowest BCUT2D eigenvalue weighted by atomic mass is 10.2. The van der Waals surface area contributed by atoms with Gasteiger partial charge < -0.3 is 10.4 Å². The molecular weight excluding hydrogens is 277 g/mol. The van der Waals surface area contributed by atoms with E-state index in [2.05, 4.69) is 5.32 Å². The first-order valence-corrected chi connectivity index (χ1v) is 6.21. The van der Waals surface area contributed by atoms with Crippen LogP contribution in [0.3, 0.4) is 0 Å². The molecule has 18 heavy (non-hydrogen) atoms. The minimum atomic E-state index is -0.834. The van der Waals surface area contributed by atoms with Gasteiger partial charge in [-0.05, 0) is 31.0 Å². The van der Waals surface area contributed by atoms with Crippen molar-refractivity contribution in [3.05, 3.63) is 33.8 Å². The molecule has 2 N–H and O–H groups in total. The summed E-state index contributed by atoms with van der Waals surface area (Å²) in [6.07, 6.45) is 1.24. The Bertz CT molecular complexity index is 449. The van der Waals surface area contributed by atoms with Crippen molar-refractivity contribution in [1.82, 2.24) is 5.32 Å². The second-order valence-electron chi connectivity index (χ2n) is 3.73. The van der Waals surface area contributed by atoms with Crippen molar-refractivity contribution in [3.8, 4) is 0 Å². The van der Waals surface area contributed by atoms with Gasteiger partial charge in [0.15, 0.2) is 0 Å². The van der Waals surface area contributed by atoms with Gasteiger partial charge in [-0.1, -0.05) is 23.2 Å². The third-order valence-electron chi connectivity index (χ3n) is 2.28. The zero-order valence-corrected chi connectivity index (χ0v) is 11.1. The Hall–Kier alpha value is -1.26. The highest BCUT2D eigenvalue weighted by atomic mass is 35.5. The van der Waals surface area contributed by atoms with Gasteiger partial charge in [-0.2, -0.15) is 0 Å². The first kappa shape index (κ1) is 14.8. The molecule has 0 aliphatic rings. The lowest BCUT2D eigenvalue weighted by Gasteiger charge is -2.06. The van der Waals surface area contributed by atoms with Gasteiger partial charge in [0.25, 0.3) is 5.91 Å². The smallest absolute Gasteiger partial charge is 0.303 e. The average molecular weight is 290 g/mol. The van der Waals surface area contributed by atoms with Crippen LogP contribution in [0.2, 0.25) is 10.0 Å². The maximum atomic E-state index is 11.7. The highest BCUT2D eigenvalue weighted by molar-refractivity contribution is 6.35. The van der Waals surface area contributed by atoms with Gasteiger partial charge in [0.2, 0.25) is 0 Å². The highest BCUT2D eigenvalue weighted by Gasteiger charge is 2.10. The lowest BCUT2D eigenvalue weighted by molar-refractivity contribution is -0.137. The fourth-order valence-electron chi connectivity index (χ4n) is 1.37. The lowest BCUT2D eigenvalue weighted by Crippen LogP contribution is -2.24. The molecule has 0 unspecified atom stereocenters. The summed E-state index contributed by atoms with van der Waals surface area (Å²) in [4.78, 5) is 22.0. The predicted octanol–water partition coefficient (Wildman–Crippen LogP) is 2.98. The monoisotopic (exact) mass is 289 g/mol. The number of aliphatic carboxylic acids is 1. The number of nitrogens with one attached hydrogen (secondary N) is 1. The van der Waals surface area contributed by atoms with Crippen molar-refractivity contribution in [1.29, 1.82) is 0 Å². The first-order valence-electron chi connectivity index (χ1n) is 5.45. The molecule has 0 saturated heterocycles. The SMILES string of the molecule is O=C(O)CCCCNC(=O)c1cc(Cl)ccc1Cl. The van der Waals surface area contributed by atoms with Crippen LogP contribution in [0.5, 0.6) is 0 Å². The van der Waals surface area contributed by atoms with Crippen molar-refractivity contribution >= 4 is 35.1 Å². The summed E-state index contributed by atoms with van der Waals surface area (Å²) in [6, 6.07) is 4.66. The van der Waals surface area contributed by atoms with Crippen LogP contribution in [-0.4, -0.2) is 23.5 Å². The summed E-state index contributed by atoms with van der Waals surface area (Å²) in [7, 11) is 0. The number of benzene rings is 1. The summed E-state index contributed by atoms with van der Waals surface area (Å²) in [5.41, 5.74) is 0.322. The molecule has 0 atom stereocenters. The highest BCUT2D eigenvalue weighted by Crippen LogP contribution is 2.20. The topological polar surface area (TPSA) is 66.4 Å². The van der Waals surface area contributed by atoms with Crippen LogP contribution in [0, 0.1) is 0 Å². The van der Waals surface area contributed by atoms with E-state index in [1.54, 1.807) is 12.1 Å². The fraction of sp³-hybridized carbons (Fsp3) is 0.333. The Morgan fingerprint density at radius 2 is 1.94 bits per heavy atom. The number of carbonyl (C=O) groups is 2. The Morgan fingerprint density at radius 1 is 1.22 bits per heavy atom. The van der Waals surface area contributed by atoms with E-state index >= 15 is 0 Å². The molecule has 1 aromatic carbocycles. The molecule has 4 nitrogen and oxygen atoms in total. The minimum absolute atomic E-state index is 0.105. The van der Waals surface area contributed by atoms with E-state index < -0.39 is 5.97 Å². The molecule has 1 amide bonds. The van der Waals surface area contributed by atoms with Gasteiger partial charge in [-0.25, -0.2) is 0 Å². The second kappa shape index (κ2) is 7.24. The maximum absolute atomic E-state index is 11.7. The third-order valence-corrected chi connectivity index (χ3v) is 2.84. The molecule has 0 saturated carbocycles. The van der Waals surface area contributed by atoms with Crippen LogP contribution in [-0.2, 0) is 4.79 Å². The van der Waals surface area contributed by atoms with Crippen LogP contribution in [0.1, 0.15) is 29.6 Å². The summed E-state index contributed by atoms with van der Waals surface area (Å²) in [6.45, 7) is 0.412. The molecule has 1 rings (SSSR count). The number of unbranched alkanes of at least 4 members (excludes halogenated alkanes) is 1. The van der Waals surface area contributed by atoms with E-state index in [1.807, 2.05) is 0 Å². The van der Waals surface area contributed by atoms with Gasteiger partial charge in [-0.15, -0.1) is 0 Å². The van der Waals surface area contributed by atoms with E-state index in [9.17, 15) is 9.59 Å². The molecule has 0 fully saturated rings. The van der Waals surface area contributed by atoms with Crippen molar-refractivity contribution < 1.29 is 14.7 Å². The molecule has 1 aromatic rings. The zero-order valence-electron chi connectivity index (χ0n) is 9.58. The number of amides is 1. The summed E-state index contributed by atoms with van der Waals surface area (Å²) in [5, 5.41) is 11.9. The molecule has 0 aliphatic heterocycles. The van der Waals surface area contributed by atoms with Gasteiger partial charge >= 0.3 is 5.97 Å². The van der Waals surface area contributed by atoms with Crippen molar-refractivity contribution in [3.63, 3.8) is 0 Å². The minimum Gasteiger partial charge on any atom is -0.481 e. The van der Waals surface area contributed by atoms with Crippen LogP contribution in [0.15, 0.2) is 18.2 Å². The number of rotatable bonds is 6. The molecular formula is C12H13Cl2NO3. The molecule has 0 aromatic heterocycles. The zero-order chi connectivity index (χ0) is 13.5. The second-order valence-corrected chi connectivity index (χ2v) is 4.57. The summed E-state index contributed by atoms with van der Waals surface area (Å²) < 4.78 is 0. The molecule has 0 spiro atoms. The van der Waals surface area contributed by atoms with E-state index in [-0.39, 0.29) is 12.3 Å². The predicted molar refractivity (Wildman–Crippen MR) is 70.3 cm³/mol. The van der Waals surface area contributed by atoms with Crippen LogP contribution in [0.25, 0.3) is 0 Å². The number of carbonyl (C=O) groups excluding carboxylic acids is 1. The molecule has 0 heterocycles. The number of carboxylic acid groups (broad SMARTS) is 1. The Kier molecular flexibility index (Phi) is 5.95. The Balaban J connectivity index is 2.41. The van der Waals surface area contributed by atoms with Gasteiger partial charge in [0, 0.05) is 18.0 Å². The number of hydrogen-bond acceptors (Lipinski definition) is 2. The first-order chi connectivity index (χ1) is 8.50. The van der Waals surface area contributed by atoms with Gasteiger partial charge in [0.1, 0.15) is 0 Å². The molecule has 0 bridgehead atoms. The maximum Gasteiger partial charge on any atom is 0.303 e. The summed E-state index contributed by atoms with van der Waals surface area (Å²) in [5.74, 6) is -1.14. The number of carboxylic acids is 1. The van der Waals surface area contributed by atoms with Gasteiger partial charge in [-0.3, -0.25) is 9.59 Å². The van der Waals surface area contributed by atoms with Crippen molar-refractivity contribution in [2.45, 2.75) is 19.3 Å². The van der Waals surface area contributed by atoms with Crippen molar-refractivity contribution in [2.24, 2.45) is 0 Å². The van der Waals surface area contributed by atoms with E-state index in [0.717, 1.165) is 0 Å². The van der Waals surface area contributed by atoms with Crippen LogP contribution in [0.4, 0.5) is 0 Å². The van der Waals surface area contributed by atoms with Crippen LogP contribution < -0.4 is 5.32 Å². The van der Waals surface area contributed by atoms with E-state index in [1.165, 1.54) is 6.07 Å². The van der Waals surface area contributed by atoms with E-state index in [0.29, 0.717) is 35.0 Å². The molecule has 0 radical (unpaired) electrons. The molecule has 0 aliphatic carbocycles. The quantitative estimate of drug-likeness (QED) is 0.791. The fourth-order valence-corrected chi connectivity index (χ4v) is 1.75. The largest absolute Gasteiger partial charge is 0.481 e. The average Bonchev–Trinajstić information content (AvgIpc) is 2.31. The van der Waals surface area contributed by atoms with E-state index in [4.69, 9.17) is 28.3 Å². The molecule has 98 valence electrons. The summed E-state index contributed by atoms with van der Waals surface area (Å²) >= 11 is 11.7. The standard InChI is InChI=1S/C12H13Cl2NO3/c13-8-4-5-10(14)9(7-8)12(18)15-6-2-1-3-11(16)17/h4-5,7H,1-3,6H2,(H,15,18)(H,16,17). The molecule has 6 heteroatoms. The van der Waals surface area contributed by atoms with Crippen molar-refractivity contribution in [2.75, 3.05) is 6.54 Å².